The molecule has 0 fully saturated rings. The van der Waals surface area contributed by atoms with Gasteiger partial charge in [0.1, 0.15) is 5.75 Å². The van der Waals surface area contributed by atoms with Gasteiger partial charge in [-0.3, -0.25) is 0 Å². The fourth-order valence-electron chi connectivity index (χ4n) is 2.02. The molecular weight excluding hydrogens is 281 g/mol. The molecule has 0 saturated heterocycles. The first kappa shape index (κ1) is 14.2. The van der Waals surface area contributed by atoms with Crippen molar-refractivity contribution in [2.45, 2.75) is 12.5 Å². The number of rotatable bonds is 3. The molecular formula is C15H15Cl2NO. The number of ether oxygens (including phenoxy) is 1. The summed E-state index contributed by atoms with van der Waals surface area (Å²) in [6.45, 7) is 1.91. The van der Waals surface area contributed by atoms with Crippen LogP contribution in [-0.4, -0.2) is 7.11 Å². The molecule has 2 N–H and O–H groups in total. The van der Waals surface area contributed by atoms with Crippen LogP contribution < -0.4 is 10.5 Å². The third-order valence-corrected chi connectivity index (χ3v) is 3.83. The Morgan fingerprint density at radius 1 is 1.05 bits per heavy atom. The molecule has 0 spiro atoms. The minimum atomic E-state index is -0.712. The highest BCUT2D eigenvalue weighted by molar-refractivity contribution is 6.32. The third-order valence-electron chi connectivity index (χ3n) is 3.18. The van der Waals surface area contributed by atoms with Crippen molar-refractivity contribution in [3.05, 3.63) is 63.6 Å². The molecule has 0 saturated carbocycles. The molecule has 4 heteroatoms. The number of hydrogen-bond acceptors (Lipinski definition) is 2. The molecule has 0 heterocycles. The number of halogens is 2. The molecule has 0 aliphatic heterocycles. The summed E-state index contributed by atoms with van der Waals surface area (Å²) in [5, 5.41) is 1.20. The van der Waals surface area contributed by atoms with E-state index in [4.69, 9.17) is 33.7 Å². The van der Waals surface area contributed by atoms with Crippen LogP contribution in [0.1, 0.15) is 18.1 Å². The van der Waals surface area contributed by atoms with E-state index < -0.39 is 5.54 Å². The summed E-state index contributed by atoms with van der Waals surface area (Å²) in [5.41, 5.74) is 7.49. The van der Waals surface area contributed by atoms with Gasteiger partial charge in [0.05, 0.1) is 17.7 Å². The maximum Gasteiger partial charge on any atom is 0.137 e. The van der Waals surface area contributed by atoms with Gasteiger partial charge in [0, 0.05) is 5.02 Å². The van der Waals surface area contributed by atoms with E-state index in [9.17, 15) is 0 Å². The second-order valence-electron chi connectivity index (χ2n) is 4.53. The SMILES string of the molecule is COc1cc(C(C)(N)c2ccccc2Cl)ccc1Cl. The number of benzene rings is 2. The van der Waals surface area contributed by atoms with E-state index in [-0.39, 0.29) is 0 Å². The number of nitrogens with two attached hydrogens (primary N) is 1. The second-order valence-corrected chi connectivity index (χ2v) is 5.35. The van der Waals surface area contributed by atoms with Crippen molar-refractivity contribution in [2.75, 3.05) is 7.11 Å². The fourth-order valence-corrected chi connectivity index (χ4v) is 2.55. The summed E-state index contributed by atoms with van der Waals surface area (Å²) in [6, 6.07) is 13.0. The van der Waals surface area contributed by atoms with Crippen LogP contribution in [0.4, 0.5) is 0 Å². The topological polar surface area (TPSA) is 35.2 Å². The molecule has 2 nitrogen and oxygen atoms in total. The normalized spacial score (nSPS) is 13.9. The smallest absolute Gasteiger partial charge is 0.137 e. The lowest BCUT2D eigenvalue weighted by Crippen LogP contribution is -2.34. The molecule has 0 aromatic heterocycles. The minimum Gasteiger partial charge on any atom is -0.495 e. The Hall–Kier alpha value is -1.22. The summed E-state index contributed by atoms with van der Waals surface area (Å²) < 4.78 is 5.23. The van der Waals surface area contributed by atoms with Crippen LogP contribution in [0.3, 0.4) is 0 Å². The van der Waals surface area contributed by atoms with Gasteiger partial charge in [0.15, 0.2) is 0 Å². The van der Waals surface area contributed by atoms with Crippen LogP contribution in [0.15, 0.2) is 42.5 Å². The van der Waals surface area contributed by atoms with Crippen LogP contribution in [-0.2, 0) is 5.54 Å². The van der Waals surface area contributed by atoms with E-state index in [1.807, 2.05) is 43.3 Å². The molecule has 2 aromatic carbocycles. The van der Waals surface area contributed by atoms with Crippen molar-refractivity contribution in [1.82, 2.24) is 0 Å². The Kier molecular flexibility index (Phi) is 4.04. The van der Waals surface area contributed by atoms with E-state index in [2.05, 4.69) is 0 Å². The predicted octanol–water partition coefficient (Wildman–Crippen LogP) is 4.22. The molecule has 100 valence electrons. The molecule has 19 heavy (non-hydrogen) atoms. The van der Waals surface area contributed by atoms with Crippen molar-refractivity contribution in [3.8, 4) is 5.75 Å². The first-order valence-electron chi connectivity index (χ1n) is 5.84. The lowest BCUT2D eigenvalue weighted by Gasteiger charge is -2.27. The zero-order chi connectivity index (χ0) is 14.0. The largest absolute Gasteiger partial charge is 0.495 e. The van der Waals surface area contributed by atoms with Crippen LogP contribution >= 0.6 is 23.2 Å². The lowest BCUT2D eigenvalue weighted by molar-refractivity contribution is 0.413. The Morgan fingerprint density at radius 2 is 1.74 bits per heavy atom. The maximum absolute atomic E-state index is 6.45. The zero-order valence-electron chi connectivity index (χ0n) is 10.8. The van der Waals surface area contributed by atoms with Crippen molar-refractivity contribution in [1.29, 1.82) is 0 Å². The molecule has 0 radical (unpaired) electrons. The number of hydrogen-bond donors (Lipinski definition) is 1. The second kappa shape index (κ2) is 5.41. The molecule has 1 unspecified atom stereocenters. The Labute approximate surface area is 123 Å². The van der Waals surface area contributed by atoms with Gasteiger partial charge in [-0.1, -0.05) is 47.5 Å². The predicted molar refractivity (Wildman–Crippen MR) is 80.1 cm³/mol. The van der Waals surface area contributed by atoms with Gasteiger partial charge in [-0.25, -0.2) is 0 Å². The highest BCUT2D eigenvalue weighted by Gasteiger charge is 2.26. The molecule has 2 aromatic rings. The third kappa shape index (κ3) is 2.71. The molecule has 2 rings (SSSR count). The van der Waals surface area contributed by atoms with Gasteiger partial charge in [-0.05, 0) is 36.2 Å². The van der Waals surface area contributed by atoms with Gasteiger partial charge in [-0.15, -0.1) is 0 Å². The Bertz CT molecular complexity index is 596. The Morgan fingerprint density at radius 3 is 2.37 bits per heavy atom. The van der Waals surface area contributed by atoms with Crippen molar-refractivity contribution < 1.29 is 4.74 Å². The first-order chi connectivity index (χ1) is 8.96. The van der Waals surface area contributed by atoms with Gasteiger partial charge in [-0.2, -0.15) is 0 Å². The molecule has 0 aliphatic carbocycles. The number of methoxy groups -OCH3 is 1. The fraction of sp³-hybridized carbons (Fsp3) is 0.200. The van der Waals surface area contributed by atoms with Crippen molar-refractivity contribution in [2.24, 2.45) is 5.73 Å². The van der Waals surface area contributed by atoms with Gasteiger partial charge in [0.25, 0.3) is 0 Å². The average molecular weight is 296 g/mol. The van der Waals surface area contributed by atoms with E-state index >= 15 is 0 Å². The highest BCUT2D eigenvalue weighted by atomic mass is 35.5. The van der Waals surface area contributed by atoms with E-state index in [0.29, 0.717) is 15.8 Å². The maximum atomic E-state index is 6.45. The van der Waals surface area contributed by atoms with E-state index in [1.165, 1.54) is 0 Å². The standard InChI is InChI=1S/C15H15Cl2NO/c1-15(18,11-5-3-4-6-12(11)16)10-7-8-13(17)14(9-10)19-2/h3-9H,18H2,1-2H3. The quantitative estimate of drug-likeness (QED) is 0.920. The Balaban J connectivity index is 2.53. The van der Waals surface area contributed by atoms with Crippen LogP contribution in [0.2, 0.25) is 10.0 Å². The van der Waals surface area contributed by atoms with E-state index in [1.54, 1.807) is 13.2 Å². The molecule has 1 atom stereocenters. The average Bonchev–Trinajstić information content (AvgIpc) is 2.39. The van der Waals surface area contributed by atoms with E-state index in [0.717, 1.165) is 11.1 Å². The summed E-state index contributed by atoms with van der Waals surface area (Å²) in [5.74, 6) is 0.600. The van der Waals surface area contributed by atoms with Gasteiger partial charge in [0.2, 0.25) is 0 Å². The first-order valence-corrected chi connectivity index (χ1v) is 6.60. The summed E-state index contributed by atoms with van der Waals surface area (Å²) >= 11 is 12.3. The lowest BCUT2D eigenvalue weighted by atomic mass is 9.85. The molecule has 0 aliphatic rings. The summed E-state index contributed by atoms with van der Waals surface area (Å²) in [7, 11) is 1.58. The summed E-state index contributed by atoms with van der Waals surface area (Å²) in [4.78, 5) is 0. The minimum absolute atomic E-state index is 0.557. The van der Waals surface area contributed by atoms with Gasteiger partial charge < -0.3 is 10.5 Å². The summed E-state index contributed by atoms with van der Waals surface area (Å²) in [6.07, 6.45) is 0. The van der Waals surface area contributed by atoms with Crippen LogP contribution in [0, 0.1) is 0 Å². The van der Waals surface area contributed by atoms with Gasteiger partial charge >= 0.3 is 0 Å². The molecule has 0 bridgehead atoms. The van der Waals surface area contributed by atoms with Crippen LogP contribution in [0.25, 0.3) is 0 Å². The highest BCUT2D eigenvalue weighted by Crippen LogP contribution is 2.35. The van der Waals surface area contributed by atoms with Crippen molar-refractivity contribution >= 4 is 23.2 Å². The van der Waals surface area contributed by atoms with Crippen molar-refractivity contribution in [3.63, 3.8) is 0 Å². The van der Waals surface area contributed by atoms with Crippen LogP contribution in [0.5, 0.6) is 5.75 Å². The monoisotopic (exact) mass is 295 g/mol. The zero-order valence-corrected chi connectivity index (χ0v) is 12.3. The molecule has 0 amide bonds.